The number of ether oxygens (including phenoxy) is 1. The first-order valence-electron chi connectivity index (χ1n) is 8.20. The molecule has 6 heteroatoms. The Morgan fingerprint density at radius 3 is 2.92 bits per heavy atom. The Bertz CT molecular complexity index is 729. The Labute approximate surface area is 147 Å². The smallest absolute Gasteiger partial charge is 0.257 e. The molecule has 1 fully saturated rings. The van der Waals surface area contributed by atoms with Crippen LogP contribution in [0.3, 0.4) is 0 Å². The topological polar surface area (TPSA) is 47.4 Å². The lowest BCUT2D eigenvalue weighted by Gasteiger charge is -2.26. The maximum Gasteiger partial charge on any atom is 0.257 e. The van der Waals surface area contributed by atoms with E-state index in [1.807, 2.05) is 47.9 Å². The van der Waals surface area contributed by atoms with Crippen molar-refractivity contribution in [3.8, 4) is 11.4 Å². The van der Waals surface area contributed by atoms with E-state index in [-0.39, 0.29) is 11.9 Å². The van der Waals surface area contributed by atoms with Crippen LogP contribution in [0.1, 0.15) is 29.4 Å². The van der Waals surface area contributed by atoms with E-state index in [2.05, 4.69) is 12.0 Å². The molecule has 24 heavy (non-hydrogen) atoms. The van der Waals surface area contributed by atoms with E-state index < -0.39 is 0 Å². The molecule has 1 aromatic heterocycles. The average Bonchev–Trinajstić information content (AvgIpc) is 2.84. The van der Waals surface area contributed by atoms with Crippen molar-refractivity contribution in [3.05, 3.63) is 41.7 Å². The van der Waals surface area contributed by atoms with Crippen LogP contribution < -0.4 is 4.74 Å². The molecule has 1 aromatic carbocycles. The molecule has 128 valence electrons. The molecular weight excluding hydrogens is 322 g/mol. The van der Waals surface area contributed by atoms with Gasteiger partial charge in [0.05, 0.1) is 24.6 Å². The summed E-state index contributed by atoms with van der Waals surface area (Å²) < 4.78 is 7.20. The number of thioether (sulfide) groups is 1. The summed E-state index contributed by atoms with van der Waals surface area (Å²) >= 11 is 1.92. The molecule has 0 saturated carbocycles. The van der Waals surface area contributed by atoms with Crippen LogP contribution in [0.2, 0.25) is 0 Å². The molecule has 1 atom stereocenters. The number of hydrogen-bond acceptors (Lipinski definition) is 4. The highest BCUT2D eigenvalue weighted by Gasteiger charge is 2.26. The van der Waals surface area contributed by atoms with Crippen molar-refractivity contribution in [3.63, 3.8) is 0 Å². The minimum atomic E-state index is 0.0728. The zero-order valence-corrected chi connectivity index (χ0v) is 15.2. The van der Waals surface area contributed by atoms with Gasteiger partial charge < -0.3 is 9.64 Å². The molecule has 0 bridgehead atoms. The highest BCUT2D eigenvalue weighted by molar-refractivity contribution is 7.99. The summed E-state index contributed by atoms with van der Waals surface area (Å²) in [5, 5.41) is 4.44. The van der Waals surface area contributed by atoms with E-state index in [4.69, 9.17) is 4.74 Å². The van der Waals surface area contributed by atoms with Crippen LogP contribution in [0, 0.1) is 6.92 Å². The molecule has 0 radical (unpaired) electrons. The van der Waals surface area contributed by atoms with Crippen LogP contribution in [0.5, 0.6) is 5.75 Å². The molecule has 1 aliphatic heterocycles. The fourth-order valence-corrected chi connectivity index (χ4v) is 4.06. The number of para-hydroxylation sites is 2. The van der Waals surface area contributed by atoms with Gasteiger partial charge in [-0.2, -0.15) is 16.9 Å². The number of methoxy groups -OCH3 is 1. The lowest BCUT2D eigenvalue weighted by molar-refractivity contribution is 0.0705. The molecule has 0 unspecified atom stereocenters. The third kappa shape index (κ3) is 3.15. The van der Waals surface area contributed by atoms with Crippen LogP contribution >= 0.6 is 11.8 Å². The average molecular weight is 345 g/mol. The van der Waals surface area contributed by atoms with Crippen molar-refractivity contribution in [2.75, 3.05) is 25.2 Å². The van der Waals surface area contributed by atoms with Crippen molar-refractivity contribution in [2.45, 2.75) is 26.3 Å². The van der Waals surface area contributed by atoms with Gasteiger partial charge in [0.2, 0.25) is 0 Å². The largest absolute Gasteiger partial charge is 0.494 e. The van der Waals surface area contributed by atoms with Crippen molar-refractivity contribution in [2.24, 2.45) is 0 Å². The first kappa shape index (κ1) is 16.9. The summed E-state index contributed by atoms with van der Waals surface area (Å²) in [6.07, 6.45) is 2.71. The van der Waals surface area contributed by atoms with Crippen molar-refractivity contribution in [1.29, 1.82) is 0 Å². The van der Waals surface area contributed by atoms with Crippen LogP contribution in [-0.4, -0.2) is 51.8 Å². The van der Waals surface area contributed by atoms with Gasteiger partial charge in [-0.15, -0.1) is 0 Å². The number of rotatable bonds is 3. The summed E-state index contributed by atoms with van der Waals surface area (Å²) in [4.78, 5) is 15.0. The second-order valence-corrected chi connectivity index (χ2v) is 7.20. The molecule has 2 heterocycles. The summed E-state index contributed by atoms with van der Waals surface area (Å²) in [5.41, 5.74) is 2.35. The van der Waals surface area contributed by atoms with E-state index in [1.54, 1.807) is 18.0 Å². The number of hydrogen-bond donors (Lipinski definition) is 0. The fourth-order valence-electron chi connectivity index (χ4n) is 3.02. The van der Waals surface area contributed by atoms with Crippen LogP contribution in [-0.2, 0) is 0 Å². The van der Waals surface area contributed by atoms with Crippen LogP contribution in [0.4, 0.5) is 0 Å². The Morgan fingerprint density at radius 1 is 1.33 bits per heavy atom. The SMILES string of the molecule is COc1ccccc1-n1ncc(C(=O)N2CCSCC[C@@H]2C)c1C. The number of nitrogens with zero attached hydrogens (tertiary/aromatic N) is 3. The van der Waals surface area contributed by atoms with Gasteiger partial charge in [0.1, 0.15) is 11.4 Å². The highest BCUT2D eigenvalue weighted by Crippen LogP contribution is 2.25. The maximum atomic E-state index is 13.0. The number of amides is 1. The minimum absolute atomic E-state index is 0.0728. The van der Waals surface area contributed by atoms with Crippen molar-refractivity contribution in [1.82, 2.24) is 14.7 Å². The number of carbonyl (C=O) groups is 1. The molecule has 5 nitrogen and oxygen atoms in total. The number of carbonyl (C=O) groups excluding carboxylic acids is 1. The third-order valence-electron chi connectivity index (χ3n) is 4.50. The first-order valence-corrected chi connectivity index (χ1v) is 9.35. The fraction of sp³-hybridized carbons (Fsp3) is 0.444. The van der Waals surface area contributed by atoms with Gasteiger partial charge >= 0.3 is 0 Å². The molecule has 0 aliphatic carbocycles. The summed E-state index contributed by atoms with van der Waals surface area (Å²) in [5.74, 6) is 2.92. The van der Waals surface area contributed by atoms with Crippen LogP contribution in [0.15, 0.2) is 30.5 Å². The van der Waals surface area contributed by atoms with Gasteiger partial charge in [0.15, 0.2) is 0 Å². The van der Waals surface area contributed by atoms with E-state index in [1.165, 1.54) is 0 Å². The predicted octanol–water partition coefficient (Wildman–Crippen LogP) is 3.16. The molecule has 1 amide bonds. The normalized spacial score (nSPS) is 18.3. The standard InChI is InChI=1S/C18H23N3O2S/c1-13-8-10-24-11-9-20(13)18(22)15-12-19-21(14(15)2)16-6-4-5-7-17(16)23-3/h4-7,12-13H,8-11H2,1-3H3/t13-/m0/s1. The van der Waals surface area contributed by atoms with E-state index in [9.17, 15) is 4.79 Å². The van der Waals surface area contributed by atoms with Gasteiger partial charge in [0.25, 0.3) is 5.91 Å². The second kappa shape index (κ2) is 7.30. The van der Waals surface area contributed by atoms with E-state index in [0.717, 1.165) is 41.6 Å². The monoisotopic (exact) mass is 345 g/mol. The lowest BCUT2D eigenvalue weighted by Crippen LogP contribution is -2.39. The third-order valence-corrected chi connectivity index (χ3v) is 5.50. The molecular formula is C18H23N3O2S. The Kier molecular flexibility index (Phi) is 5.14. The summed E-state index contributed by atoms with van der Waals surface area (Å²) in [7, 11) is 1.64. The molecule has 2 aromatic rings. The highest BCUT2D eigenvalue weighted by atomic mass is 32.2. The van der Waals surface area contributed by atoms with Gasteiger partial charge in [-0.3, -0.25) is 4.79 Å². The Morgan fingerprint density at radius 2 is 2.12 bits per heavy atom. The molecule has 3 rings (SSSR count). The van der Waals surface area contributed by atoms with Crippen LogP contribution in [0.25, 0.3) is 5.69 Å². The summed E-state index contributed by atoms with van der Waals surface area (Å²) in [6, 6.07) is 7.96. The quantitative estimate of drug-likeness (QED) is 0.857. The van der Waals surface area contributed by atoms with Crippen molar-refractivity contribution >= 4 is 17.7 Å². The molecule has 1 aliphatic rings. The van der Waals surface area contributed by atoms with Crippen molar-refractivity contribution < 1.29 is 9.53 Å². The first-order chi connectivity index (χ1) is 11.6. The van der Waals surface area contributed by atoms with Gasteiger partial charge in [-0.05, 0) is 38.2 Å². The van der Waals surface area contributed by atoms with Gasteiger partial charge in [0, 0.05) is 18.3 Å². The lowest BCUT2D eigenvalue weighted by atomic mass is 10.1. The van der Waals surface area contributed by atoms with Gasteiger partial charge in [-0.1, -0.05) is 12.1 Å². The van der Waals surface area contributed by atoms with Gasteiger partial charge in [-0.25, -0.2) is 4.68 Å². The maximum absolute atomic E-state index is 13.0. The zero-order valence-electron chi connectivity index (χ0n) is 14.4. The zero-order chi connectivity index (χ0) is 17.1. The number of aromatic nitrogens is 2. The Balaban J connectivity index is 1.93. The minimum Gasteiger partial charge on any atom is -0.494 e. The molecule has 1 saturated heterocycles. The Hall–Kier alpha value is -1.95. The number of benzene rings is 1. The van der Waals surface area contributed by atoms with E-state index >= 15 is 0 Å². The second-order valence-electron chi connectivity index (χ2n) is 5.98. The summed E-state index contributed by atoms with van der Waals surface area (Å²) in [6.45, 7) is 4.86. The molecule has 0 N–H and O–H groups in total. The predicted molar refractivity (Wildman–Crippen MR) is 97.3 cm³/mol. The van der Waals surface area contributed by atoms with E-state index in [0.29, 0.717) is 5.56 Å². The molecule has 0 spiro atoms.